The maximum Gasteiger partial charge on any atom is 0.253 e. The SMILES string of the molecule is CCOC1CCCN(C(=O)c2ccc(OC)c(S(=O)(=O)N3CCCCC3C)c2)C1. The number of piperidine rings is 2. The van der Waals surface area contributed by atoms with E-state index in [1.54, 1.807) is 17.0 Å². The molecule has 2 unspecified atom stereocenters. The van der Waals surface area contributed by atoms with Gasteiger partial charge in [0.25, 0.3) is 5.91 Å². The molecule has 2 heterocycles. The molecule has 7 nitrogen and oxygen atoms in total. The van der Waals surface area contributed by atoms with E-state index in [4.69, 9.17) is 9.47 Å². The molecule has 1 aromatic carbocycles. The molecular formula is C21H32N2O5S. The van der Waals surface area contributed by atoms with Gasteiger partial charge in [-0.3, -0.25) is 4.79 Å². The smallest absolute Gasteiger partial charge is 0.253 e. The Labute approximate surface area is 174 Å². The molecule has 3 rings (SSSR count). The van der Waals surface area contributed by atoms with E-state index in [9.17, 15) is 13.2 Å². The lowest BCUT2D eigenvalue weighted by atomic mass is 10.1. The van der Waals surface area contributed by atoms with Gasteiger partial charge in [0, 0.05) is 37.8 Å². The molecule has 2 atom stereocenters. The lowest BCUT2D eigenvalue weighted by Gasteiger charge is -2.33. The molecule has 0 aromatic heterocycles. The van der Waals surface area contributed by atoms with Crippen LogP contribution in [-0.4, -0.2) is 69.0 Å². The molecule has 8 heteroatoms. The van der Waals surface area contributed by atoms with Crippen LogP contribution in [-0.2, 0) is 14.8 Å². The molecule has 2 aliphatic rings. The van der Waals surface area contributed by atoms with Crippen LogP contribution in [0.15, 0.2) is 23.1 Å². The minimum absolute atomic E-state index is 0.0355. The van der Waals surface area contributed by atoms with Crippen LogP contribution in [0.5, 0.6) is 5.75 Å². The van der Waals surface area contributed by atoms with Crippen molar-refractivity contribution in [2.24, 2.45) is 0 Å². The number of carbonyl (C=O) groups is 1. The molecule has 29 heavy (non-hydrogen) atoms. The van der Waals surface area contributed by atoms with Crippen molar-refractivity contribution in [2.45, 2.75) is 63.0 Å². The second kappa shape index (κ2) is 9.45. The molecule has 0 aliphatic carbocycles. The molecule has 1 amide bonds. The third-order valence-electron chi connectivity index (χ3n) is 5.81. The summed E-state index contributed by atoms with van der Waals surface area (Å²) in [5.41, 5.74) is 0.367. The fraction of sp³-hybridized carbons (Fsp3) is 0.667. The van der Waals surface area contributed by atoms with Gasteiger partial charge in [-0.25, -0.2) is 8.42 Å². The van der Waals surface area contributed by atoms with E-state index in [0.29, 0.717) is 31.8 Å². The van der Waals surface area contributed by atoms with E-state index >= 15 is 0 Å². The van der Waals surface area contributed by atoms with E-state index < -0.39 is 10.0 Å². The fourth-order valence-electron chi connectivity index (χ4n) is 4.24. The monoisotopic (exact) mass is 424 g/mol. The van der Waals surface area contributed by atoms with E-state index in [2.05, 4.69) is 0 Å². The summed E-state index contributed by atoms with van der Waals surface area (Å²) in [5.74, 6) is 0.102. The van der Waals surface area contributed by atoms with Gasteiger partial charge in [-0.2, -0.15) is 4.31 Å². The zero-order valence-electron chi connectivity index (χ0n) is 17.6. The molecule has 0 saturated carbocycles. The normalized spacial score (nSPS) is 23.8. The van der Waals surface area contributed by atoms with Crippen molar-refractivity contribution in [3.05, 3.63) is 23.8 Å². The Morgan fingerprint density at radius 2 is 1.97 bits per heavy atom. The highest BCUT2D eigenvalue weighted by Gasteiger charge is 2.34. The first kappa shape index (κ1) is 22.1. The number of nitrogens with zero attached hydrogens (tertiary/aromatic N) is 2. The van der Waals surface area contributed by atoms with Gasteiger partial charge >= 0.3 is 0 Å². The van der Waals surface area contributed by atoms with Crippen LogP contribution in [0.2, 0.25) is 0 Å². The molecule has 162 valence electrons. The van der Waals surface area contributed by atoms with Crippen LogP contribution in [0, 0.1) is 0 Å². The predicted octanol–water partition coefficient (Wildman–Crippen LogP) is 2.90. The molecule has 0 bridgehead atoms. The number of likely N-dealkylation sites (tertiary alicyclic amines) is 1. The number of rotatable bonds is 6. The maximum absolute atomic E-state index is 13.4. The van der Waals surface area contributed by atoms with Crippen LogP contribution in [0.4, 0.5) is 0 Å². The quantitative estimate of drug-likeness (QED) is 0.702. The molecular weight excluding hydrogens is 392 g/mol. The van der Waals surface area contributed by atoms with Crippen molar-refractivity contribution in [1.82, 2.24) is 9.21 Å². The Morgan fingerprint density at radius 1 is 1.17 bits per heavy atom. The molecule has 2 saturated heterocycles. The maximum atomic E-state index is 13.4. The van der Waals surface area contributed by atoms with Crippen molar-refractivity contribution in [2.75, 3.05) is 33.4 Å². The second-order valence-electron chi connectivity index (χ2n) is 7.80. The Bertz CT molecular complexity index is 824. The highest BCUT2D eigenvalue weighted by molar-refractivity contribution is 7.89. The number of hydrogen-bond donors (Lipinski definition) is 0. The van der Waals surface area contributed by atoms with Crippen LogP contribution in [0.25, 0.3) is 0 Å². The Balaban J connectivity index is 1.89. The van der Waals surface area contributed by atoms with Gasteiger partial charge in [-0.15, -0.1) is 0 Å². The van der Waals surface area contributed by atoms with Gasteiger partial charge in [-0.1, -0.05) is 6.42 Å². The van der Waals surface area contributed by atoms with E-state index in [0.717, 1.165) is 32.1 Å². The number of sulfonamides is 1. The molecule has 0 spiro atoms. The van der Waals surface area contributed by atoms with Crippen molar-refractivity contribution >= 4 is 15.9 Å². The topological polar surface area (TPSA) is 76.1 Å². The van der Waals surface area contributed by atoms with Crippen LogP contribution >= 0.6 is 0 Å². The average molecular weight is 425 g/mol. The first-order valence-electron chi connectivity index (χ1n) is 10.5. The largest absolute Gasteiger partial charge is 0.495 e. The summed E-state index contributed by atoms with van der Waals surface area (Å²) in [7, 11) is -2.30. The number of benzene rings is 1. The summed E-state index contributed by atoms with van der Waals surface area (Å²) < 4.78 is 39.3. The first-order valence-corrected chi connectivity index (χ1v) is 11.9. The summed E-state index contributed by atoms with van der Waals surface area (Å²) in [6.07, 6.45) is 4.56. The lowest BCUT2D eigenvalue weighted by Crippen LogP contribution is -2.43. The third kappa shape index (κ3) is 4.75. The molecule has 0 N–H and O–H groups in total. The van der Waals surface area contributed by atoms with Crippen LogP contribution in [0.1, 0.15) is 56.3 Å². The van der Waals surface area contributed by atoms with Gasteiger partial charge in [0.15, 0.2) is 0 Å². The summed E-state index contributed by atoms with van der Waals surface area (Å²) in [6, 6.07) is 4.64. The van der Waals surface area contributed by atoms with Crippen molar-refractivity contribution in [1.29, 1.82) is 0 Å². The molecule has 0 radical (unpaired) electrons. The summed E-state index contributed by atoms with van der Waals surface area (Å²) in [5, 5.41) is 0. The molecule has 2 aliphatic heterocycles. The van der Waals surface area contributed by atoms with Gasteiger partial charge < -0.3 is 14.4 Å². The van der Waals surface area contributed by atoms with Gasteiger partial charge in [0.1, 0.15) is 10.6 Å². The standard InChI is InChI=1S/C21H32N2O5S/c1-4-28-18-9-7-12-22(15-18)21(24)17-10-11-19(27-3)20(14-17)29(25,26)23-13-6-5-8-16(23)2/h10-11,14,16,18H,4-9,12-13,15H2,1-3H3. The summed E-state index contributed by atoms with van der Waals surface area (Å²) in [4.78, 5) is 14.9. The van der Waals surface area contributed by atoms with Crippen molar-refractivity contribution in [3.8, 4) is 5.75 Å². The highest BCUT2D eigenvalue weighted by Crippen LogP contribution is 2.32. The van der Waals surface area contributed by atoms with Gasteiger partial charge in [-0.05, 0) is 57.7 Å². The predicted molar refractivity (Wildman–Crippen MR) is 111 cm³/mol. The Kier molecular flexibility index (Phi) is 7.19. The molecule has 1 aromatic rings. The van der Waals surface area contributed by atoms with E-state index in [-0.39, 0.29) is 28.7 Å². The minimum atomic E-state index is -3.75. The number of methoxy groups -OCH3 is 1. The van der Waals surface area contributed by atoms with Crippen molar-refractivity contribution in [3.63, 3.8) is 0 Å². The number of amides is 1. The van der Waals surface area contributed by atoms with E-state index in [1.165, 1.54) is 17.5 Å². The average Bonchev–Trinajstić information content (AvgIpc) is 2.73. The lowest BCUT2D eigenvalue weighted by molar-refractivity contribution is 0.00723. The minimum Gasteiger partial charge on any atom is -0.495 e. The second-order valence-corrected chi connectivity index (χ2v) is 9.66. The zero-order valence-corrected chi connectivity index (χ0v) is 18.4. The van der Waals surface area contributed by atoms with Crippen molar-refractivity contribution < 1.29 is 22.7 Å². The number of carbonyl (C=O) groups excluding carboxylic acids is 1. The van der Waals surface area contributed by atoms with Gasteiger partial charge in [0.2, 0.25) is 10.0 Å². The summed E-state index contributed by atoms with van der Waals surface area (Å²) >= 11 is 0. The number of hydrogen-bond acceptors (Lipinski definition) is 5. The third-order valence-corrected chi connectivity index (χ3v) is 7.84. The number of ether oxygens (including phenoxy) is 2. The highest BCUT2D eigenvalue weighted by atomic mass is 32.2. The Hall–Kier alpha value is -1.64. The van der Waals surface area contributed by atoms with Crippen LogP contribution in [0.3, 0.4) is 0 Å². The summed E-state index contributed by atoms with van der Waals surface area (Å²) in [6.45, 7) is 6.17. The van der Waals surface area contributed by atoms with Gasteiger partial charge in [0.05, 0.1) is 13.2 Å². The molecule has 2 fully saturated rings. The fourth-order valence-corrected chi connectivity index (χ4v) is 6.13. The Morgan fingerprint density at radius 3 is 2.66 bits per heavy atom. The van der Waals surface area contributed by atoms with Crippen LogP contribution < -0.4 is 4.74 Å². The van der Waals surface area contributed by atoms with E-state index in [1.807, 2.05) is 13.8 Å². The first-order chi connectivity index (χ1) is 13.9. The zero-order chi connectivity index (χ0) is 21.0.